The van der Waals surface area contributed by atoms with Gasteiger partial charge in [-0.25, -0.2) is 4.98 Å². The van der Waals surface area contributed by atoms with Gasteiger partial charge in [0, 0.05) is 51.4 Å². The van der Waals surface area contributed by atoms with Crippen LogP contribution < -0.4 is 10.6 Å². The molecule has 2 aliphatic rings. The Balaban J connectivity index is 0.00000289. The molecule has 3 unspecified atom stereocenters. The summed E-state index contributed by atoms with van der Waals surface area (Å²) in [5.74, 6) is 1.42. The number of guanidine groups is 1. The van der Waals surface area contributed by atoms with Gasteiger partial charge < -0.3 is 24.8 Å². The number of likely N-dealkylation sites (tertiary alicyclic amines) is 1. The van der Waals surface area contributed by atoms with Crippen molar-refractivity contribution in [2.45, 2.75) is 44.9 Å². The molecule has 8 nitrogen and oxygen atoms in total. The Morgan fingerprint density at radius 3 is 2.94 bits per heavy atom. The SMILES string of the molecule is CN=C(NCc1cccc(NC(=O)C2CCCO2)c1)N1CCC(C)C(n2ccnc2)C1.I. The van der Waals surface area contributed by atoms with E-state index in [0.717, 1.165) is 49.6 Å². The van der Waals surface area contributed by atoms with Crippen LogP contribution in [0.2, 0.25) is 0 Å². The number of anilines is 1. The van der Waals surface area contributed by atoms with Crippen molar-refractivity contribution in [3.05, 3.63) is 48.5 Å². The highest BCUT2D eigenvalue weighted by atomic mass is 127. The highest BCUT2D eigenvalue weighted by Crippen LogP contribution is 2.27. The molecular formula is C23H33IN6O2. The van der Waals surface area contributed by atoms with E-state index < -0.39 is 0 Å². The molecule has 2 saturated heterocycles. The van der Waals surface area contributed by atoms with E-state index in [-0.39, 0.29) is 36.0 Å². The van der Waals surface area contributed by atoms with Gasteiger partial charge in [-0.1, -0.05) is 19.1 Å². The largest absolute Gasteiger partial charge is 0.368 e. The van der Waals surface area contributed by atoms with Crippen molar-refractivity contribution < 1.29 is 9.53 Å². The third-order valence-corrected chi connectivity index (χ3v) is 6.21. The first-order valence-corrected chi connectivity index (χ1v) is 11.1. The highest BCUT2D eigenvalue weighted by Gasteiger charge is 2.29. The van der Waals surface area contributed by atoms with Crippen molar-refractivity contribution in [2.75, 3.05) is 32.1 Å². The molecule has 3 heterocycles. The number of hydrogen-bond acceptors (Lipinski definition) is 4. The first-order valence-electron chi connectivity index (χ1n) is 11.1. The fraction of sp³-hybridized carbons (Fsp3) is 0.522. The van der Waals surface area contributed by atoms with Gasteiger partial charge in [0.25, 0.3) is 5.91 Å². The van der Waals surface area contributed by atoms with Crippen LogP contribution in [0, 0.1) is 5.92 Å². The van der Waals surface area contributed by atoms with Crippen molar-refractivity contribution in [2.24, 2.45) is 10.9 Å². The number of rotatable bonds is 5. The third-order valence-electron chi connectivity index (χ3n) is 6.21. The third kappa shape index (κ3) is 6.00. The zero-order valence-electron chi connectivity index (χ0n) is 18.7. The average molecular weight is 552 g/mol. The molecule has 32 heavy (non-hydrogen) atoms. The molecule has 0 radical (unpaired) electrons. The zero-order chi connectivity index (χ0) is 21.6. The maximum Gasteiger partial charge on any atom is 0.253 e. The van der Waals surface area contributed by atoms with Gasteiger partial charge in [-0.2, -0.15) is 0 Å². The fourth-order valence-corrected chi connectivity index (χ4v) is 4.37. The number of nitrogens with one attached hydrogen (secondary N) is 2. The molecule has 1 aromatic carbocycles. The molecular weight excluding hydrogens is 519 g/mol. The zero-order valence-corrected chi connectivity index (χ0v) is 21.1. The van der Waals surface area contributed by atoms with Crippen molar-refractivity contribution in [3.8, 4) is 0 Å². The van der Waals surface area contributed by atoms with Crippen molar-refractivity contribution in [1.29, 1.82) is 0 Å². The molecule has 2 N–H and O–H groups in total. The van der Waals surface area contributed by atoms with E-state index in [1.807, 2.05) is 44.0 Å². The lowest BCUT2D eigenvalue weighted by Crippen LogP contribution is -2.48. The molecule has 9 heteroatoms. The predicted molar refractivity (Wildman–Crippen MR) is 136 cm³/mol. The van der Waals surface area contributed by atoms with Crippen molar-refractivity contribution >= 4 is 41.5 Å². The summed E-state index contributed by atoms with van der Waals surface area (Å²) >= 11 is 0. The number of ether oxygens (including phenoxy) is 1. The minimum atomic E-state index is -0.328. The summed E-state index contributed by atoms with van der Waals surface area (Å²) < 4.78 is 7.67. The van der Waals surface area contributed by atoms with Gasteiger partial charge in [0.05, 0.1) is 12.4 Å². The molecule has 2 aliphatic heterocycles. The molecule has 0 aliphatic carbocycles. The maximum atomic E-state index is 12.3. The molecule has 1 amide bonds. The number of aliphatic imine (C=N–C) groups is 1. The Hall–Kier alpha value is -2.14. The van der Waals surface area contributed by atoms with Crippen LogP contribution in [0.5, 0.6) is 0 Å². The number of carbonyl (C=O) groups is 1. The number of piperidine rings is 1. The molecule has 1 aromatic heterocycles. The molecule has 0 bridgehead atoms. The molecule has 0 saturated carbocycles. The molecule has 0 spiro atoms. The van der Waals surface area contributed by atoms with Crippen molar-refractivity contribution in [3.63, 3.8) is 0 Å². The van der Waals surface area contributed by atoms with Gasteiger partial charge in [0.1, 0.15) is 6.10 Å². The standard InChI is InChI=1S/C23H32N6O2.HI/c1-17-8-10-28(15-20(17)29-11-9-25-16-29)23(24-2)26-14-18-5-3-6-19(13-18)27-22(30)21-7-4-12-31-21;/h3,5-6,9,11,13,16-17,20-21H,4,7-8,10,12,14-15H2,1-2H3,(H,24,26)(H,27,30);1H. The van der Waals surface area contributed by atoms with Crippen LogP contribution in [0.3, 0.4) is 0 Å². The predicted octanol–water partition coefficient (Wildman–Crippen LogP) is 3.28. The van der Waals surface area contributed by atoms with E-state index >= 15 is 0 Å². The van der Waals surface area contributed by atoms with Gasteiger partial charge in [0.15, 0.2) is 5.96 Å². The number of amides is 1. The number of carbonyl (C=O) groups excluding carboxylic acids is 1. The molecule has 4 rings (SSSR count). The number of nitrogens with zero attached hydrogens (tertiary/aromatic N) is 4. The Labute approximate surface area is 206 Å². The first kappa shape index (κ1) is 24.5. The Morgan fingerprint density at radius 1 is 1.34 bits per heavy atom. The minimum Gasteiger partial charge on any atom is -0.368 e. The number of hydrogen-bond donors (Lipinski definition) is 2. The van der Waals surface area contributed by atoms with E-state index in [1.54, 1.807) is 0 Å². The lowest BCUT2D eigenvalue weighted by atomic mass is 9.93. The monoisotopic (exact) mass is 552 g/mol. The summed E-state index contributed by atoms with van der Waals surface area (Å²) in [6.07, 6.45) is 8.29. The molecule has 2 fully saturated rings. The van der Waals surface area contributed by atoms with E-state index in [4.69, 9.17) is 4.74 Å². The van der Waals surface area contributed by atoms with Crippen LogP contribution in [0.25, 0.3) is 0 Å². The van der Waals surface area contributed by atoms with Gasteiger partial charge in [0.2, 0.25) is 0 Å². The van der Waals surface area contributed by atoms with Crippen LogP contribution in [0.1, 0.15) is 37.8 Å². The minimum absolute atomic E-state index is 0. The van der Waals surface area contributed by atoms with Gasteiger partial charge >= 0.3 is 0 Å². The van der Waals surface area contributed by atoms with E-state index in [1.165, 1.54) is 0 Å². The van der Waals surface area contributed by atoms with Gasteiger partial charge in [-0.15, -0.1) is 24.0 Å². The van der Waals surface area contributed by atoms with E-state index in [9.17, 15) is 4.79 Å². The molecule has 3 atom stereocenters. The maximum absolute atomic E-state index is 12.3. The second-order valence-corrected chi connectivity index (χ2v) is 8.38. The molecule has 2 aromatic rings. The van der Waals surface area contributed by atoms with Gasteiger partial charge in [-0.3, -0.25) is 9.79 Å². The lowest BCUT2D eigenvalue weighted by molar-refractivity contribution is -0.124. The second kappa shape index (κ2) is 11.6. The summed E-state index contributed by atoms with van der Waals surface area (Å²) in [7, 11) is 1.82. The number of benzene rings is 1. The van der Waals surface area contributed by atoms with Crippen molar-refractivity contribution in [1.82, 2.24) is 19.8 Å². The summed E-state index contributed by atoms with van der Waals surface area (Å²) in [4.78, 5) is 23.4. The highest BCUT2D eigenvalue weighted by molar-refractivity contribution is 14.0. The van der Waals surface area contributed by atoms with Crippen LogP contribution in [0.15, 0.2) is 48.0 Å². The summed E-state index contributed by atoms with van der Waals surface area (Å²) in [6, 6.07) is 8.30. The van der Waals surface area contributed by atoms with Crippen LogP contribution in [-0.2, 0) is 16.1 Å². The lowest BCUT2D eigenvalue weighted by Gasteiger charge is -2.39. The van der Waals surface area contributed by atoms with E-state index in [2.05, 4.69) is 43.1 Å². The number of aromatic nitrogens is 2. The van der Waals surface area contributed by atoms with Crippen LogP contribution >= 0.6 is 24.0 Å². The second-order valence-electron chi connectivity index (χ2n) is 8.38. The van der Waals surface area contributed by atoms with Gasteiger partial charge in [-0.05, 0) is 42.9 Å². The summed E-state index contributed by atoms with van der Waals surface area (Å²) in [6.45, 7) is 5.48. The number of halogens is 1. The first-order chi connectivity index (χ1) is 15.1. The topological polar surface area (TPSA) is 83.8 Å². The Kier molecular flexibility index (Phi) is 8.92. The molecule has 174 valence electrons. The normalized spacial score (nSPS) is 23.5. The van der Waals surface area contributed by atoms with Crippen LogP contribution in [-0.4, -0.2) is 59.2 Å². The Bertz CT molecular complexity index is 898. The average Bonchev–Trinajstić information content (AvgIpc) is 3.50. The summed E-state index contributed by atoms with van der Waals surface area (Å²) in [5.41, 5.74) is 1.88. The number of imidazole rings is 1. The van der Waals surface area contributed by atoms with E-state index in [0.29, 0.717) is 25.1 Å². The Morgan fingerprint density at radius 2 is 2.22 bits per heavy atom. The van der Waals surface area contributed by atoms with Crippen LogP contribution in [0.4, 0.5) is 5.69 Å². The summed E-state index contributed by atoms with van der Waals surface area (Å²) in [5, 5.41) is 6.46. The quantitative estimate of drug-likeness (QED) is 0.338. The smallest absolute Gasteiger partial charge is 0.253 e. The fourth-order valence-electron chi connectivity index (χ4n) is 4.37.